The van der Waals surface area contributed by atoms with Crippen molar-refractivity contribution in [3.8, 4) is 0 Å². The van der Waals surface area contributed by atoms with Gasteiger partial charge in [-0.3, -0.25) is 4.79 Å². The Balaban J connectivity index is 1.85. The molecule has 1 heterocycles. The molecular weight excluding hydrogens is 241 g/mol. The molecule has 0 aromatic rings. The minimum atomic E-state index is -0.856. The van der Waals surface area contributed by atoms with E-state index >= 15 is 0 Å². The van der Waals surface area contributed by atoms with E-state index in [2.05, 4.69) is 0 Å². The largest absolute Gasteiger partial charge is 0.480 e. The first-order chi connectivity index (χ1) is 9.07. The molecule has 1 amide bonds. The molecule has 5 heteroatoms. The number of amides is 1. The van der Waals surface area contributed by atoms with Crippen molar-refractivity contribution in [2.75, 3.05) is 0 Å². The zero-order chi connectivity index (χ0) is 13.4. The topological polar surface area (TPSA) is 57.6 Å². The summed E-state index contributed by atoms with van der Waals surface area (Å²) in [6.45, 7) is 0. The van der Waals surface area contributed by atoms with Gasteiger partial charge in [0.15, 0.2) is 5.81 Å². The van der Waals surface area contributed by atoms with E-state index in [4.69, 9.17) is 7.85 Å². The number of rotatable bonds is 1. The van der Waals surface area contributed by atoms with E-state index in [0.717, 1.165) is 25.7 Å². The lowest BCUT2D eigenvalue weighted by atomic mass is 9.64. The lowest BCUT2D eigenvalue weighted by Crippen LogP contribution is -2.47. The second kappa shape index (κ2) is 3.55. The first-order valence-corrected chi connectivity index (χ1v) is 7.38. The van der Waals surface area contributed by atoms with Crippen LogP contribution in [-0.2, 0) is 4.79 Å². The Labute approximate surface area is 113 Å². The van der Waals surface area contributed by atoms with Crippen molar-refractivity contribution in [3.05, 3.63) is 0 Å². The summed E-state index contributed by atoms with van der Waals surface area (Å²) in [7, 11) is 5.52. The highest BCUT2D eigenvalue weighted by Crippen LogP contribution is 2.71. The fourth-order valence-corrected chi connectivity index (χ4v) is 6.32. The van der Waals surface area contributed by atoms with E-state index in [9.17, 15) is 14.7 Å². The van der Waals surface area contributed by atoms with Crippen LogP contribution in [0.4, 0.5) is 4.79 Å². The van der Waals surface area contributed by atoms with Crippen molar-refractivity contribution < 1.29 is 14.7 Å². The van der Waals surface area contributed by atoms with Crippen LogP contribution in [-0.4, -0.2) is 41.7 Å². The van der Waals surface area contributed by atoms with E-state index in [1.54, 1.807) is 0 Å². The van der Waals surface area contributed by atoms with Crippen LogP contribution in [0.5, 0.6) is 0 Å². The van der Waals surface area contributed by atoms with Crippen molar-refractivity contribution in [3.63, 3.8) is 0 Å². The Bertz CT molecular complexity index is 468. The van der Waals surface area contributed by atoms with Gasteiger partial charge in [0.25, 0.3) is 0 Å². The Morgan fingerprint density at radius 2 is 2.05 bits per heavy atom. The highest BCUT2D eigenvalue weighted by molar-refractivity contribution is 6.57. The smallest absolute Gasteiger partial charge is 0.326 e. The van der Waals surface area contributed by atoms with Gasteiger partial charge in [-0.2, -0.15) is 0 Å². The summed E-state index contributed by atoms with van der Waals surface area (Å²) in [5.41, 5.74) is 0.0843. The van der Waals surface area contributed by atoms with E-state index < -0.39 is 17.8 Å². The van der Waals surface area contributed by atoms with E-state index in [-0.39, 0.29) is 17.4 Å². The quantitative estimate of drug-likeness (QED) is 0.728. The maximum Gasteiger partial charge on any atom is 0.326 e. The molecule has 6 atom stereocenters. The molecule has 1 N–H and O–H groups in total. The number of hydrogen-bond donors (Lipinski definition) is 1. The molecule has 1 spiro atoms. The number of carboxylic acid groups (broad SMARTS) is 1. The van der Waals surface area contributed by atoms with Crippen LogP contribution in [0.1, 0.15) is 38.5 Å². The fourth-order valence-electron chi connectivity index (χ4n) is 6.32. The van der Waals surface area contributed by atoms with Crippen molar-refractivity contribution >= 4 is 19.6 Å². The van der Waals surface area contributed by atoms with Gasteiger partial charge in [-0.15, -0.1) is 0 Å². The number of carbonyl (C=O) groups is 2. The zero-order valence-electron chi connectivity index (χ0n) is 10.9. The molecule has 5 unspecified atom stereocenters. The van der Waals surface area contributed by atoms with Crippen molar-refractivity contribution in [2.24, 2.45) is 23.2 Å². The lowest BCUT2D eigenvalue weighted by molar-refractivity contribution is -0.143. The lowest BCUT2D eigenvalue weighted by Gasteiger charge is -2.39. The molecule has 2 bridgehead atoms. The summed E-state index contributed by atoms with van der Waals surface area (Å²) in [5.74, 6) is -0.112. The monoisotopic (exact) mass is 259 g/mol. The molecule has 1 aliphatic heterocycles. The molecule has 1 saturated heterocycles. The van der Waals surface area contributed by atoms with Gasteiger partial charge >= 0.3 is 5.97 Å². The van der Waals surface area contributed by atoms with Gasteiger partial charge in [0.1, 0.15) is 6.04 Å². The first-order valence-electron chi connectivity index (χ1n) is 7.38. The minimum Gasteiger partial charge on any atom is -0.480 e. The highest BCUT2D eigenvalue weighted by Gasteiger charge is 2.72. The summed E-state index contributed by atoms with van der Waals surface area (Å²) in [5, 5.41) is 9.61. The average molecular weight is 259 g/mol. The number of hydrogen-bond acceptors (Lipinski definition) is 2. The molecule has 4 fully saturated rings. The van der Waals surface area contributed by atoms with Crippen LogP contribution in [0.25, 0.3) is 0 Å². The normalized spacial score (nSPS) is 50.3. The molecule has 4 rings (SSSR count). The second-order valence-electron chi connectivity index (χ2n) is 6.84. The number of carbonyl (C=O) groups excluding carboxylic acids is 1. The van der Waals surface area contributed by atoms with E-state index in [1.165, 1.54) is 17.7 Å². The van der Waals surface area contributed by atoms with Crippen LogP contribution >= 0.6 is 0 Å². The zero-order valence-corrected chi connectivity index (χ0v) is 10.9. The number of fused-ring (bicyclic) bond motifs is 3. The van der Waals surface area contributed by atoms with Crippen LogP contribution in [0, 0.1) is 23.2 Å². The maximum atomic E-state index is 11.8. The van der Waals surface area contributed by atoms with Gasteiger partial charge in [0, 0.05) is 12.0 Å². The van der Waals surface area contributed by atoms with Crippen LogP contribution in [0.3, 0.4) is 0 Å². The predicted molar refractivity (Wildman–Crippen MR) is 68.8 cm³/mol. The van der Waals surface area contributed by atoms with Crippen LogP contribution in [0.15, 0.2) is 0 Å². The van der Waals surface area contributed by atoms with E-state index in [0.29, 0.717) is 11.8 Å². The molecule has 4 aliphatic rings. The minimum absolute atomic E-state index is 0.0843. The number of nitrogens with zero attached hydrogens (tertiary/aromatic N) is 1. The van der Waals surface area contributed by atoms with Crippen LogP contribution in [0.2, 0.25) is 0 Å². The van der Waals surface area contributed by atoms with Gasteiger partial charge < -0.3 is 10.0 Å². The van der Waals surface area contributed by atoms with Gasteiger partial charge in [-0.05, 0) is 49.4 Å². The summed E-state index contributed by atoms with van der Waals surface area (Å²) in [6.07, 6.45) is 6.68. The van der Waals surface area contributed by atoms with Gasteiger partial charge in [0.05, 0.1) is 0 Å². The molecule has 0 aromatic carbocycles. The highest BCUT2D eigenvalue weighted by atomic mass is 16.4. The number of carboxylic acids is 1. The SMILES string of the molecule is [B]C(=O)N1C2CCCC23C2CCC(C2)C3[C@H]1C(=O)O. The molecule has 19 heavy (non-hydrogen) atoms. The average Bonchev–Trinajstić information content (AvgIpc) is 3.02. The molecular formula is C14H18BNO3. The third-order valence-corrected chi connectivity index (χ3v) is 6.55. The Morgan fingerprint density at radius 1 is 1.26 bits per heavy atom. The molecule has 3 saturated carbocycles. The molecule has 4 nitrogen and oxygen atoms in total. The number of likely N-dealkylation sites (tertiary alicyclic amines) is 1. The van der Waals surface area contributed by atoms with Gasteiger partial charge in [-0.1, -0.05) is 6.42 Å². The molecule has 100 valence electrons. The predicted octanol–water partition coefficient (Wildman–Crippen LogP) is 1.63. The third-order valence-electron chi connectivity index (χ3n) is 6.55. The summed E-state index contributed by atoms with van der Waals surface area (Å²) in [4.78, 5) is 25.1. The Hall–Kier alpha value is -0.995. The Kier molecular flexibility index (Phi) is 2.21. The summed E-state index contributed by atoms with van der Waals surface area (Å²) >= 11 is 0. The van der Waals surface area contributed by atoms with E-state index in [1.807, 2.05) is 0 Å². The van der Waals surface area contributed by atoms with Crippen molar-refractivity contribution in [2.45, 2.75) is 50.6 Å². The molecule has 0 aromatic heterocycles. The van der Waals surface area contributed by atoms with Gasteiger partial charge in [0.2, 0.25) is 7.85 Å². The summed E-state index contributed by atoms with van der Waals surface area (Å²) in [6, 6.07) is -0.579. The third kappa shape index (κ3) is 1.18. The summed E-state index contributed by atoms with van der Waals surface area (Å²) < 4.78 is 0. The molecule has 2 radical (unpaired) electrons. The van der Waals surface area contributed by atoms with Crippen molar-refractivity contribution in [1.82, 2.24) is 4.90 Å². The maximum absolute atomic E-state index is 11.8. The van der Waals surface area contributed by atoms with Crippen molar-refractivity contribution in [1.29, 1.82) is 0 Å². The molecule has 3 aliphatic carbocycles. The van der Waals surface area contributed by atoms with Crippen LogP contribution < -0.4 is 0 Å². The first kappa shape index (κ1) is 11.8. The number of aliphatic carboxylic acids is 1. The van der Waals surface area contributed by atoms with Gasteiger partial charge in [-0.25, -0.2) is 4.79 Å². The fraction of sp³-hybridized carbons (Fsp3) is 0.857. The Morgan fingerprint density at radius 3 is 2.74 bits per heavy atom. The second-order valence-corrected chi connectivity index (χ2v) is 6.84. The standard InChI is InChI=1S/C14H18BNO3/c15-13(19)16-9-2-1-5-14(9)8-4-3-7(6-8)10(14)11(16)12(17)18/h7-11H,1-6H2,(H,17,18)/t7?,8?,9?,10?,11-,14?/m0/s1.